The van der Waals surface area contributed by atoms with Gasteiger partial charge in [0.25, 0.3) is 0 Å². The van der Waals surface area contributed by atoms with Crippen LogP contribution < -0.4 is 10.6 Å². The molecule has 6 saturated carbocycles. The van der Waals surface area contributed by atoms with Crippen LogP contribution in [0, 0.1) is 47.3 Å². The summed E-state index contributed by atoms with van der Waals surface area (Å²) in [5.41, 5.74) is -0.439. The number of hydrogen-bond acceptors (Lipinski definition) is 2. The largest absolute Gasteiger partial charge is 0.387 e. The van der Waals surface area contributed by atoms with Gasteiger partial charge in [-0.05, 0) is 73.0 Å². The molecule has 114 valence electrons. The Bertz CT molecular complexity index is 538. The Balaban J connectivity index is 1.25. The highest BCUT2D eigenvalue weighted by molar-refractivity contribution is 5.80. The van der Waals surface area contributed by atoms with Gasteiger partial charge in [0.15, 0.2) is 5.96 Å². The number of nitrogens with zero attached hydrogens (tertiary/aromatic N) is 1. The van der Waals surface area contributed by atoms with Gasteiger partial charge in [-0.3, -0.25) is 4.99 Å². The van der Waals surface area contributed by atoms with Gasteiger partial charge >= 0.3 is 0 Å². The summed E-state index contributed by atoms with van der Waals surface area (Å²) in [7, 11) is 1.84. The Morgan fingerprint density at radius 3 is 2.62 bits per heavy atom. The average molecular weight is 287 g/mol. The molecule has 21 heavy (non-hydrogen) atoms. The van der Waals surface area contributed by atoms with Crippen molar-refractivity contribution < 1.29 is 5.11 Å². The van der Waals surface area contributed by atoms with Crippen LogP contribution >= 0.6 is 0 Å². The summed E-state index contributed by atoms with van der Waals surface area (Å²) in [6, 6.07) is 0.614. The molecule has 0 aromatic heterocycles. The minimum absolute atomic E-state index is 0.439. The van der Waals surface area contributed by atoms with Crippen molar-refractivity contribution in [3.63, 3.8) is 0 Å². The summed E-state index contributed by atoms with van der Waals surface area (Å²) >= 11 is 0. The second kappa shape index (κ2) is 3.42. The van der Waals surface area contributed by atoms with E-state index in [0.717, 1.165) is 41.5 Å². The SMILES string of the molecule is CN=C(NCC1(O)C2C3CC4C5C3CC2C5C41)NC1CC1. The predicted molar refractivity (Wildman–Crippen MR) is 79.6 cm³/mol. The maximum absolute atomic E-state index is 11.5. The fourth-order valence-corrected chi connectivity index (χ4v) is 7.80. The Morgan fingerprint density at radius 1 is 1.10 bits per heavy atom. The minimum atomic E-state index is -0.439. The van der Waals surface area contributed by atoms with Crippen LogP contribution in [-0.4, -0.2) is 36.3 Å². The molecule has 0 radical (unpaired) electrons. The highest BCUT2D eigenvalue weighted by atomic mass is 16.3. The monoisotopic (exact) mass is 287 g/mol. The first-order valence-electron chi connectivity index (χ1n) is 8.92. The molecule has 6 aliphatic rings. The van der Waals surface area contributed by atoms with E-state index in [1.165, 1.54) is 25.7 Å². The Labute approximate surface area is 125 Å². The topological polar surface area (TPSA) is 56.7 Å². The maximum Gasteiger partial charge on any atom is 0.191 e. The van der Waals surface area contributed by atoms with Gasteiger partial charge in [-0.1, -0.05) is 0 Å². The van der Waals surface area contributed by atoms with Gasteiger partial charge in [-0.2, -0.15) is 0 Å². The molecule has 4 nitrogen and oxygen atoms in total. The van der Waals surface area contributed by atoms with Gasteiger partial charge in [-0.25, -0.2) is 0 Å². The molecule has 0 heterocycles. The number of aliphatic imine (C=N–C) groups is 1. The van der Waals surface area contributed by atoms with Crippen LogP contribution in [0.3, 0.4) is 0 Å². The standard InChI is InChI=1S/C17H25N3O/c1-18-16(20-7-2-3-7)19-6-17(21)14-9-5-10-12-8(9)4-11(14)13(12)15(10)17/h7-15,21H,2-6H2,1H3,(H2,18,19,20). The molecule has 6 fully saturated rings. The van der Waals surface area contributed by atoms with Crippen LogP contribution in [0.25, 0.3) is 0 Å². The van der Waals surface area contributed by atoms with E-state index in [-0.39, 0.29) is 0 Å². The quantitative estimate of drug-likeness (QED) is 0.532. The Hall–Kier alpha value is -0.770. The van der Waals surface area contributed by atoms with Crippen molar-refractivity contribution in [1.82, 2.24) is 10.6 Å². The van der Waals surface area contributed by atoms with Crippen molar-refractivity contribution in [3.05, 3.63) is 0 Å². The van der Waals surface area contributed by atoms with Crippen LogP contribution in [0.4, 0.5) is 0 Å². The fourth-order valence-electron chi connectivity index (χ4n) is 7.80. The van der Waals surface area contributed by atoms with Crippen LogP contribution in [0.2, 0.25) is 0 Å². The van der Waals surface area contributed by atoms with E-state index in [0.29, 0.717) is 24.4 Å². The first-order valence-corrected chi connectivity index (χ1v) is 8.92. The number of aliphatic hydroxyl groups is 1. The molecule has 0 aromatic carbocycles. The van der Waals surface area contributed by atoms with E-state index in [1.807, 2.05) is 7.05 Å². The smallest absolute Gasteiger partial charge is 0.191 e. The molecule has 2 bridgehead atoms. The highest BCUT2D eigenvalue weighted by Crippen LogP contribution is 2.85. The summed E-state index contributed by atoms with van der Waals surface area (Å²) < 4.78 is 0. The molecule has 0 aromatic rings. The molecule has 3 N–H and O–H groups in total. The molecule has 0 saturated heterocycles. The first kappa shape index (κ1) is 11.8. The normalized spacial score (nSPS) is 61.5. The third kappa shape index (κ3) is 1.16. The second-order valence-corrected chi connectivity index (χ2v) is 8.67. The zero-order chi connectivity index (χ0) is 13.9. The molecular formula is C17H25N3O. The van der Waals surface area contributed by atoms with Gasteiger partial charge in [-0.15, -0.1) is 0 Å². The number of hydrogen-bond donors (Lipinski definition) is 3. The van der Waals surface area contributed by atoms with Gasteiger partial charge in [0.2, 0.25) is 0 Å². The molecule has 0 aliphatic heterocycles. The molecule has 6 rings (SSSR count). The summed E-state index contributed by atoms with van der Waals surface area (Å²) in [6.45, 7) is 0.716. The van der Waals surface area contributed by atoms with Crippen molar-refractivity contribution in [3.8, 4) is 0 Å². The number of nitrogens with one attached hydrogen (secondary N) is 2. The van der Waals surface area contributed by atoms with Crippen LogP contribution in [0.5, 0.6) is 0 Å². The van der Waals surface area contributed by atoms with Crippen molar-refractivity contribution >= 4 is 5.96 Å². The lowest BCUT2D eigenvalue weighted by Crippen LogP contribution is -2.60. The lowest BCUT2D eigenvalue weighted by atomic mass is 9.56. The van der Waals surface area contributed by atoms with E-state index in [9.17, 15) is 5.11 Å². The van der Waals surface area contributed by atoms with Crippen LogP contribution in [-0.2, 0) is 0 Å². The zero-order valence-corrected chi connectivity index (χ0v) is 12.6. The number of guanidine groups is 1. The van der Waals surface area contributed by atoms with Gasteiger partial charge in [0.05, 0.1) is 5.60 Å². The highest BCUT2D eigenvalue weighted by Gasteiger charge is 2.84. The molecule has 4 heteroatoms. The fraction of sp³-hybridized carbons (Fsp3) is 0.941. The van der Waals surface area contributed by atoms with E-state index in [2.05, 4.69) is 15.6 Å². The summed E-state index contributed by atoms with van der Waals surface area (Å²) in [5.74, 6) is 7.55. The van der Waals surface area contributed by atoms with Crippen molar-refractivity contribution in [2.24, 2.45) is 52.3 Å². The summed E-state index contributed by atoms with van der Waals surface area (Å²) in [6.07, 6.45) is 5.39. The van der Waals surface area contributed by atoms with Gasteiger partial charge in [0.1, 0.15) is 0 Å². The summed E-state index contributed by atoms with van der Waals surface area (Å²) in [4.78, 5) is 4.33. The minimum Gasteiger partial charge on any atom is -0.387 e. The third-order valence-electron chi connectivity index (χ3n) is 8.20. The third-order valence-corrected chi connectivity index (χ3v) is 8.20. The zero-order valence-electron chi connectivity index (χ0n) is 12.6. The lowest BCUT2D eigenvalue weighted by molar-refractivity contribution is -0.126. The molecule has 0 amide bonds. The second-order valence-electron chi connectivity index (χ2n) is 8.67. The van der Waals surface area contributed by atoms with Crippen molar-refractivity contribution in [1.29, 1.82) is 0 Å². The van der Waals surface area contributed by atoms with Crippen molar-refractivity contribution in [2.75, 3.05) is 13.6 Å². The first-order chi connectivity index (χ1) is 10.2. The van der Waals surface area contributed by atoms with Crippen LogP contribution in [0.1, 0.15) is 25.7 Å². The lowest BCUT2D eigenvalue weighted by Gasteiger charge is -2.51. The number of rotatable bonds is 3. The van der Waals surface area contributed by atoms with Gasteiger partial charge in [0, 0.05) is 19.6 Å². The molecular weight excluding hydrogens is 262 g/mol. The number of fused-ring (bicyclic) bond motifs is 2. The molecule has 9 unspecified atom stereocenters. The van der Waals surface area contributed by atoms with Crippen molar-refractivity contribution in [2.45, 2.75) is 37.3 Å². The Kier molecular flexibility index (Phi) is 1.91. The van der Waals surface area contributed by atoms with Gasteiger partial charge < -0.3 is 15.7 Å². The molecule has 6 aliphatic carbocycles. The molecule has 9 atom stereocenters. The van der Waals surface area contributed by atoms with Crippen LogP contribution in [0.15, 0.2) is 4.99 Å². The van der Waals surface area contributed by atoms with E-state index in [1.54, 1.807) is 0 Å². The van der Waals surface area contributed by atoms with E-state index in [4.69, 9.17) is 0 Å². The molecule has 0 spiro atoms. The maximum atomic E-state index is 11.5. The van der Waals surface area contributed by atoms with E-state index >= 15 is 0 Å². The summed E-state index contributed by atoms with van der Waals surface area (Å²) in [5, 5.41) is 18.4. The average Bonchev–Trinajstić information content (AvgIpc) is 3.05. The van der Waals surface area contributed by atoms with E-state index < -0.39 is 5.60 Å². The predicted octanol–water partition coefficient (Wildman–Crippen LogP) is 0.823. The Morgan fingerprint density at radius 2 is 1.86 bits per heavy atom.